The Hall–Kier alpha value is -2.27. The Morgan fingerprint density at radius 1 is 1.17 bits per heavy atom. The fraction of sp³-hybridized carbons (Fsp3) is 0.263. The maximum Gasteiger partial charge on any atom is 0.238 e. The van der Waals surface area contributed by atoms with Crippen molar-refractivity contribution in [2.75, 3.05) is 11.9 Å². The fourth-order valence-electron chi connectivity index (χ4n) is 2.57. The average Bonchev–Trinajstić information content (AvgIpc) is 2.57. The van der Waals surface area contributed by atoms with E-state index < -0.39 is 0 Å². The van der Waals surface area contributed by atoms with E-state index in [-0.39, 0.29) is 23.5 Å². The van der Waals surface area contributed by atoms with Gasteiger partial charge in [0.15, 0.2) is 0 Å². The number of nitrogens with one attached hydrogen (secondary N) is 2. The van der Waals surface area contributed by atoms with Crippen molar-refractivity contribution < 1.29 is 9.59 Å². The van der Waals surface area contributed by atoms with Crippen LogP contribution in [0.1, 0.15) is 17.5 Å². The maximum atomic E-state index is 12.1. The number of hydrogen-bond acceptors (Lipinski definition) is 3. The monoisotopic (exact) mass is 340 g/mol. The lowest BCUT2D eigenvalue weighted by atomic mass is 10.1. The number of carbonyl (C=O) groups excluding carboxylic acids is 2. The third-order valence-electron chi connectivity index (χ3n) is 3.93. The third kappa shape index (κ3) is 4.17. The van der Waals surface area contributed by atoms with Crippen LogP contribution >= 0.6 is 11.8 Å². The predicted octanol–water partition coefficient (Wildman–Crippen LogP) is 3.16. The number of thioether (sulfide) groups is 1. The minimum Gasteiger partial charge on any atom is -0.356 e. The number of aryl methyl sites for hydroxylation is 1. The number of amides is 2. The van der Waals surface area contributed by atoms with Gasteiger partial charge in [0.05, 0.1) is 10.9 Å². The van der Waals surface area contributed by atoms with Crippen LogP contribution in [0.5, 0.6) is 0 Å². The molecular weight excluding hydrogens is 320 g/mol. The fourth-order valence-corrected chi connectivity index (χ4v) is 3.68. The lowest BCUT2D eigenvalue weighted by Crippen LogP contribution is -2.35. The van der Waals surface area contributed by atoms with Crippen LogP contribution in [-0.4, -0.2) is 23.6 Å². The van der Waals surface area contributed by atoms with Gasteiger partial charge in [-0.25, -0.2) is 0 Å². The molecule has 0 spiro atoms. The number of para-hydroxylation sites is 1. The topological polar surface area (TPSA) is 58.2 Å². The summed E-state index contributed by atoms with van der Waals surface area (Å²) in [6.07, 6.45) is 0.984. The molecule has 4 nitrogen and oxygen atoms in total. The van der Waals surface area contributed by atoms with E-state index in [2.05, 4.69) is 41.8 Å². The summed E-state index contributed by atoms with van der Waals surface area (Å²) in [4.78, 5) is 25.2. The molecular formula is C19H20N2O2S. The molecule has 2 aromatic carbocycles. The zero-order valence-corrected chi connectivity index (χ0v) is 14.4. The van der Waals surface area contributed by atoms with Gasteiger partial charge in [0, 0.05) is 17.9 Å². The first-order valence-corrected chi connectivity index (χ1v) is 8.88. The predicted molar refractivity (Wildman–Crippen MR) is 97.2 cm³/mol. The summed E-state index contributed by atoms with van der Waals surface area (Å²) >= 11 is 1.45. The molecule has 5 heteroatoms. The smallest absolute Gasteiger partial charge is 0.238 e. The Kier molecular flexibility index (Phi) is 5.20. The highest BCUT2D eigenvalue weighted by atomic mass is 32.2. The molecule has 0 saturated heterocycles. The minimum absolute atomic E-state index is 0.0888. The number of benzene rings is 2. The molecule has 24 heavy (non-hydrogen) atoms. The maximum absolute atomic E-state index is 12.1. The zero-order valence-electron chi connectivity index (χ0n) is 13.5. The highest BCUT2D eigenvalue weighted by molar-refractivity contribution is 8.01. The van der Waals surface area contributed by atoms with Crippen LogP contribution in [0.3, 0.4) is 0 Å². The normalized spacial score (nSPS) is 16.2. The summed E-state index contributed by atoms with van der Waals surface area (Å²) in [6.45, 7) is 2.63. The molecule has 0 saturated carbocycles. The van der Waals surface area contributed by atoms with Gasteiger partial charge in [0.1, 0.15) is 0 Å². The Balaban J connectivity index is 1.48. The van der Waals surface area contributed by atoms with Crippen LogP contribution < -0.4 is 10.6 Å². The van der Waals surface area contributed by atoms with Gasteiger partial charge in [0.2, 0.25) is 11.8 Å². The molecule has 0 radical (unpaired) electrons. The van der Waals surface area contributed by atoms with Gasteiger partial charge in [-0.15, -0.1) is 11.8 Å². The Morgan fingerprint density at radius 3 is 2.71 bits per heavy atom. The Morgan fingerprint density at radius 2 is 1.92 bits per heavy atom. The largest absolute Gasteiger partial charge is 0.356 e. The summed E-state index contributed by atoms with van der Waals surface area (Å²) in [5, 5.41) is 5.39. The number of hydrogen-bond donors (Lipinski definition) is 2. The highest BCUT2D eigenvalue weighted by Crippen LogP contribution is 2.36. The van der Waals surface area contributed by atoms with E-state index in [9.17, 15) is 9.59 Å². The molecule has 0 fully saturated rings. The lowest BCUT2D eigenvalue weighted by Gasteiger charge is -2.23. The molecule has 2 amide bonds. The lowest BCUT2D eigenvalue weighted by molar-refractivity contribution is -0.124. The molecule has 0 bridgehead atoms. The molecule has 1 atom stereocenters. The first kappa shape index (κ1) is 16.6. The zero-order chi connectivity index (χ0) is 16.9. The van der Waals surface area contributed by atoms with E-state index in [1.54, 1.807) is 0 Å². The number of carbonyl (C=O) groups is 2. The second-order valence-electron chi connectivity index (χ2n) is 5.88. The third-order valence-corrected chi connectivity index (χ3v) is 5.21. The summed E-state index contributed by atoms with van der Waals surface area (Å²) in [5.41, 5.74) is 3.24. The Bertz CT molecular complexity index is 743. The van der Waals surface area contributed by atoms with E-state index in [0.29, 0.717) is 6.54 Å². The Labute approximate surface area is 146 Å². The second-order valence-corrected chi connectivity index (χ2v) is 7.13. The standard InChI is InChI=1S/C19H20N2O2S/c1-13-6-8-14(9-7-13)10-11-20-18(22)12-17-19(23)21-15-4-2-3-5-16(15)24-17/h2-9,17H,10-12H2,1H3,(H,20,22)(H,21,23)/t17-/m0/s1. The van der Waals surface area contributed by atoms with Crippen molar-refractivity contribution in [2.45, 2.75) is 29.9 Å². The summed E-state index contributed by atoms with van der Waals surface area (Å²) in [5.74, 6) is -0.193. The molecule has 1 heterocycles. The van der Waals surface area contributed by atoms with Crippen molar-refractivity contribution in [3.8, 4) is 0 Å². The van der Waals surface area contributed by atoms with Crippen molar-refractivity contribution in [3.05, 3.63) is 59.7 Å². The van der Waals surface area contributed by atoms with Crippen LogP contribution in [0.15, 0.2) is 53.4 Å². The van der Waals surface area contributed by atoms with Gasteiger partial charge in [-0.05, 0) is 31.0 Å². The highest BCUT2D eigenvalue weighted by Gasteiger charge is 2.28. The number of anilines is 1. The molecule has 124 valence electrons. The van der Waals surface area contributed by atoms with E-state index in [1.807, 2.05) is 24.3 Å². The number of fused-ring (bicyclic) bond motifs is 1. The van der Waals surface area contributed by atoms with Crippen molar-refractivity contribution in [3.63, 3.8) is 0 Å². The van der Waals surface area contributed by atoms with Gasteiger partial charge in [0.25, 0.3) is 0 Å². The van der Waals surface area contributed by atoms with E-state index >= 15 is 0 Å². The number of rotatable bonds is 5. The molecule has 2 N–H and O–H groups in total. The molecule has 0 aliphatic carbocycles. The first-order chi connectivity index (χ1) is 11.6. The molecule has 3 rings (SSSR count). The van der Waals surface area contributed by atoms with Gasteiger partial charge in [-0.1, -0.05) is 42.0 Å². The van der Waals surface area contributed by atoms with Crippen molar-refractivity contribution in [1.29, 1.82) is 0 Å². The average molecular weight is 340 g/mol. The van der Waals surface area contributed by atoms with Crippen molar-refractivity contribution in [2.24, 2.45) is 0 Å². The first-order valence-electron chi connectivity index (χ1n) is 8.00. The van der Waals surface area contributed by atoms with E-state index in [4.69, 9.17) is 0 Å². The van der Waals surface area contributed by atoms with E-state index in [1.165, 1.54) is 22.9 Å². The summed E-state index contributed by atoms with van der Waals surface area (Å²) in [7, 11) is 0. The quantitative estimate of drug-likeness (QED) is 0.879. The molecule has 1 aliphatic heterocycles. The van der Waals surface area contributed by atoms with Crippen molar-refractivity contribution >= 4 is 29.3 Å². The van der Waals surface area contributed by atoms with Gasteiger partial charge in [-0.2, -0.15) is 0 Å². The molecule has 0 aromatic heterocycles. The van der Waals surface area contributed by atoms with Crippen LogP contribution in [0.4, 0.5) is 5.69 Å². The van der Waals surface area contributed by atoms with E-state index in [0.717, 1.165) is 17.0 Å². The second kappa shape index (κ2) is 7.53. The van der Waals surface area contributed by atoms with Gasteiger partial charge < -0.3 is 10.6 Å². The molecule has 1 aliphatic rings. The minimum atomic E-state index is -0.376. The van der Waals surface area contributed by atoms with Crippen LogP contribution in [0, 0.1) is 6.92 Å². The summed E-state index contributed by atoms with van der Waals surface area (Å²) < 4.78 is 0. The van der Waals surface area contributed by atoms with Crippen LogP contribution in [0.25, 0.3) is 0 Å². The van der Waals surface area contributed by atoms with Crippen LogP contribution in [0.2, 0.25) is 0 Å². The van der Waals surface area contributed by atoms with Crippen LogP contribution in [-0.2, 0) is 16.0 Å². The van der Waals surface area contributed by atoms with Crippen molar-refractivity contribution in [1.82, 2.24) is 5.32 Å². The van der Waals surface area contributed by atoms with Gasteiger partial charge >= 0.3 is 0 Å². The molecule has 0 unspecified atom stereocenters. The SMILES string of the molecule is Cc1ccc(CCNC(=O)C[C@@H]2Sc3ccccc3NC2=O)cc1. The van der Waals surface area contributed by atoms with Gasteiger partial charge in [-0.3, -0.25) is 9.59 Å². The molecule has 2 aromatic rings. The summed E-state index contributed by atoms with van der Waals surface area (Å²) in [6, 6.07) is 15.9.